The van der Waals surface area contributed by atoms with Crippen LogP contribution in [-0.4, -0.2) is 37.6 Å². The number of hydrogen-bond donors (Lipinski definition) is 1. The summed E-state index contributed by atoms with van der Waals surface area (Å²) in [5, 5.41) is 3.71. The summed E-state index contributed by atoms with van der Waals surface area (Å²) in [7, 11) is 0. The third-order valence-electron chi connectivity index (χ3n) is 4.85. The molecule has 0 unspecified atom stereocenters. The number of rotatable bonds is 6. The van der Waals surface area contributed by atoms with E-state index in [-0.39, 0.29) is 0 Å². The predicted molar refractivity (Wildman–Crippen MR) is 79.0 cm³/mol. The average Bonchev–Trinajstić information content (AvgIpc) is 2.41. The summed E-state index contributed by atoms with van der Waals surface area (Å²) in [5.41, 5.74) is 0.602. The monoisotopic (exact) mass is 252 g/mol. The molecule has 0 aromatic carbocycles. The van der Waals surface area contributed by atoms with Gasteiger partial charge in [0.25, 0.3) is 0 Å². The lowest BCUT2D eigenvalue weighted by Crippen LogP contribution is -2.46. The summed E-state index contributed by atoms with van der Waals surface area (Å²) < 4.78 is 0. The van der Waals surface area contributed by atoms with Gasteiger partial charge in [0.1, 0.15) is 0 Å². The van der Waals surface area contributed by atoms with Gasteiger partial charge >= 0.3 is 0 Å². The van der Waals surface area contributed by atoms with Crippen LogP contribution in [0.25, 0.3) is 0 Å². The standard InChI is InChI=1S/C16H32N2/c1-2-11-17-14-16(9-5-3-6-10-16)15-18-12-7-4-8-13-18/h17H,2-15H2,1H3. The van der Waals surface area contributed by atoms with E-state index in [4.69, 9.17) is 0 Å². The van der Waals surface area contributed by atoms with Crippen molar-refractivity contribution in [3.63, 3.8) is 0 Å². The molecule has 1 heterocycles. The molecule has 106 valence electrons. The lowest BCUT2D eigenvalue weighted by Gasteiger charge is -2.42. The molecule has 1 aliphatic carbocycles. The minimum atomic E-state index is 0.602. The van der Waals surface area contributed by atoms with Gasteiger partial charge in [-0.2, -0.15) is 0 Å². The van der Waals surface area contributed by atoms with E-state index < -0.39 is 0 Å². The van der Waals surface area contributed by atoms with E-state index in [0.29, 0.717) is 5.41 Å². The van der Waals surface area contributed by atoms with E-state index in [1.165, 1.54) is 90.5 Å². The fraction of sp³-hybridized carbons (Fsp3) is 1.00. The van der Waals surface area contributed by atoms with Gasteiger partial charge in [-0.1, -0.05) is 32.6 Å². The molecule has 0 bridgehead atoms. The first-order valence-electron chi connectivity index (χ1n) is 8.28. The first kappa shape index (κ1) is 14.3. The van der Waals surface area contributed by atoms with Crippen molar-refractivity contribution in [2.75, 3.05) is 32.7 Å². The van der Waals surface area contributed by atoms with E-state index in [1.54, 1.807) is 0 Å². The first-order chi connectivity index (χ1) is 8.85. The van der Waals surface area contributed by atoms with Gasteiger partial charge in [-0.05, 0) is 57.2 Å². The summed E-state index contributed by atoms with van der Waals surface area (Å²) in [6.07, 6.45) is 12.9. The van der Waals surface area contributed by atoms with E-state index in [1.807, 2.05) is 0 Å². The average molecular weight is 252 g/mol. The Balaban J connectivity index is 1.85. The zero-order chi connectivity index (χ0) is 12.7. The van der Waals surface area contributed by atoms with Crippen molar-refractivity contribution in [2.45, 2.75) is 64.7 Å². The van der Waals surface area contributed by atoms with Gasteiger partial charge in [0, 0.05) is 13.1 Å². The van der Waals surface area contributed by atoms with Crippen LogP contribution in [0.5, 0.6) is 0 Å². The maximum atomic E-state index is 3.71. The van der Waals surface area contributed by atoms with Crippen molar-refractivity contribution < 1.29 is 0 Å². The number of likely N-dealkylation sites (tertiary alicyclic amines) is 1. The Bertz CT molecular complexity index is 215. The zero-order valence-corrected chi connectivity index (χ0v) is 12.3. The highest BCUT2D eigenvalue weighted by Crippen LogP contribution is 2.37. The van der Waals surface area contributed by atoms with Crippen molar-refractivity contribution in [3.05, 3.63) is 0 Å². The molecule has 1 aliphatic heterocycles. The van der Waals surface area contributed by atoms with Crippen molar-refractivity contribution >= 4 is 0 Å². The summed E-state index contributed by atoms with van der Waals surface area (Å²) in [5.74, 6) is 0. The van der Waals surface area contributed by atoms with Crippen LogP contribution >= 0.6 is 0 Å². The molecule has 2 aliphatic rings. The normalized spacial score (nSPS) is 25.2. The van der Waals surface area contributed by atoms with Gasteiger partial charge in [0.15, 0.2) is 0 Å². The highest BCUT2D eigenvalue weighted by atomic mass is 15.1. The molecular formula is C16H32N2. The lowest BCUT2D eigenvalue weighted by molar-refractivity contribution is 0.0900. The van der Waals surface area contributed by atoms with Gasteiger partial charge in [0.05, 0.1) is 0 Å². The van der Waals surface area contributed by atoms with Crippen LogP contribution in [0.3, 0.4) is 0 Å². The van der Waals surface area contributed by atoms with Crippen LogP contribution in [0.2, 0.25) is 0 Å². The first-order valence-corrected chi connectivity index (χ1v) is 8.28. The van der Waals surface area contributed by atoms with Crippen LogP contribution in [0.4, 0.5) is 0 Å². The molecule has 2 nitrogen and oxygen atoms in total. The topological polar surface area (TPSA) is 15.3 Å². The Morgan fingerprint density at radius 2 is 1.61 bits per heavy atom. The number of piperidine rings is 1. The third-order valence-corrected chi connectivity index (χ3v) is 4.85. The number of nitrogens with zero attached hydrogens (tertiary/aromatic N) is 1. The van der Waals surface area contributed by atoms with E-state index in [9.17, 15) is 0 Å². The zero-order valence-electron chi connectivity index (χ0n) is 12.3. The quantitative estimate of drug-likeness (QED) is 0.729. The molecule has 0 atom stereocenters. The van der Waals surface area contributed by atoms with Gasteiger partial charge in [-0.25, -0.2) is 0 Å². The SMILES string of the molecule is CCCNCC1(CN2CCCCC2)CCCCC1. The Morgan fingerprint density at radius 3 is 2.28 bits per heavy atom. The Kier molecular flexibility index (Phi) is 5.97. The maximum Gasteiger partial charge on any atom is 0.00501 e. The number of hydrogen-bond acceptors (Lipinski definition) is 2. The van der Waals surface area contributed by atoms with Crippen LogP contribution in [0, 0.1) is 5.41 Å². The molecule has 0 radical (unpaired) electrons. The van der Waals surface area contributed by atoms with Crippen molar-refractivity contribution in [3.8, 4) is 0 Å². The van der Waals surface area contributed by atoms with Crippen molar-refractivity contribution in [1.29, 1.82) is 0 Å². The third kappa shape index (κ3) is 4.24. The van der Waals surface area contributed by atoms with Crippen molar-refractivity contribution in [1.82, 2.24) is 10.2 Å². The molecule has 2 fully saturated rings. The van der Waals surface area contributed by atoms with Crippen LogP contribution in [0.15, 0.2) is 0 Å². The summed E-state index contributed by atoms with van der Waals surface area (Å²) in [6, 6.07) is 0. The molecule has 1 N–H and O–H groups in total. The highest BCUT2D eigenvalue weighted by Gasteiger charge is 2.33. The molecule has 1 saturated heterocycles. The van der Waals surface area contributed by atoms with Crippen LogP contribution in [-0.2, 0) is 0 Å². The highest BCUT2D eigenvalue weighted by molar-refractivity contribution is 4.88. The smallest absolute Gasteiger partial charge is 0.00501 e. The van der Waals surface area contributed by atoms with Gasteiger partial charge in [-0.3, -0.25) is 0 Å². The van der Waals surface area contributed by atoms with E-state index in [2.05, 4.69) is 17.1 Å². The molecular weight excluding hydrogens is 220 g/mol. The summed E-state index contributed by atoms with van der Waals surface area (Å²) in [6.45, 7) is 8.80. The lowest BCUT2D eigenvalue weighted by atomic mass is 9.73. The van der Waals surface area contributed by atoms with E-state index in [0.717, 1.165) is 0 Å². The molecule has 2 heteroatoms. The van der Waals surface area contributed by atoms with Crippen molar-refractivity contribution in [2.24, 2.45) is 5.41 Å². The number of nitrogens with one attached hydrogen (secondary N) is 1. The second kappa shape index (κ2) is 7.49. The van der Waals surface area contributed by atoms with Gasteiger partial charge in [0.2, 0.25) is 0 Å². The minimum absolute atomic E-state index is 0.602. The second-order valence-corrected chi connectivity index (χ2v) is 6.57. The molecule has 0 amide bonds. The molecule has 1 saturated carbocycles. The fourth-order valence-corrected chi connectivity index (χ4v) is 3.81. The molecule has 2 rings (SSSR count). The Morgan fingerprint density at radius 1 is 0.944 bits per heavy atom. The largest absolute Gasteiger partial charge is 0.316 e. The molecule has 0 aromatic rings. The van der Waals surface area contributed by atoms with Gasteiger partial charge < -0.3 is 10.2 Å². The maximum absolute atomic E-state index is 3.71. The van der Waals surface area contributed by atoms with Crippen LogP contribution < -0.4 is 5.32 Å². The van der Waals surface area contributed by atoms with Gasteiger partial charge in [-0.15, -0.1) is 0 Å². The molecule has 0 aromatic heterocycles. The van der Waals surface area contributed by atoms with Crippen LogP contribution in [0.1, 0.15) is 64.7 Å². The second-order valence-electron chi connectivity index (χ2n) is 6.57. The summed E-state index contributed by atoms with van der Waals surface area (Å²) >= 11 is 0. The summed E-state index contributed by atoms with van der Waals surface area (Å²) in [4.78, 5) is 2.75. The Hall–Kier alpha value is -0.0800. The van der Waals surface area contributed by atoms with E-state index >= 15 is 0 Å². The fourth-order valence-electron chi connectivity index (χ4n) is 3.81. The Labute approximate surface area is 114 Å². The minimum Gasteiger partial charge on any atom is -0.316 e. The molecule has 18 heavy (non-hydrogen) atoms. The predicted octanol–water partition coefficient (Wildman–Crippen LogP) is 3.42. The molecule has 0 spiro atoms.